The van der Waals surface area contributed by atoms with E-state index in [0.717, 1.165) is 37.8 Å². The maximum atomic E-state index is 12.6. The lowest BCUT2D eigenvalue weighted by atomic mass is 9.95. The van der Waals surface area contributed by atoms with E-state index in [2.05, 4.69) is 16.6 Å². The van der Waals surface area contributed by atoms with E-state index in [0.29, 0.717) is 11.1 Å². The largest absolute Gasteiger partial charge is 0.416 e. The minimum absolute atomic E-state index is 0.236. The number of thioether (sulfide) groups is 1. The molecule has 19 heavy (non-hydrogen) atoms. The second-order valence-corrected chi connectivity index (χ2v) is 5.92. The zero-order valence-corrected chi connectivity index (χ0v) is 11.5. The van der Waals surface area contributed by atoms with E-state index in [1.54, 1.807) is 0 Å². The van der Waals surface area contributed by atoms with Gasteiger partial charge in [-0.25, -0.2) is 4.98 Å². The Labute approximate surface area is 115 Å². The van der Waals surface area contributed by atoms with Gasteiger partial charge < -0.3 is 5.32 Å². The summed E-state index contributed by atoms with van der Waals surface area (Å²) < 4.78 is 37.8. The van der Waals surface area contributed by atoms with Crippen molar-refractivity contribution in [2.24, 2.45) is 0 Å². The van der Waals surface area contributed by atoms with E-state index >= 15 is 0 Å². The molecule has 0 aliphatic heterocycles. The van der Waals surface area contributed by atoms with Crippen molar-refractivity contribution in [3.05, 3.63) is 23.9 Å². The van der Waals surface area contributed by atoms with Gasteiger partial charge in [-0.05, 0) is 44.1 Å². The average molecular weight is 290 g/mol. The number of aromatic nitrogens is 1. The third-order valence-corrected chi connectivity index (χ3v) is 4.58. The number of hydrogen-bond acceptors (Lipinski definition) is 3. The highest BCUT2D eigenvalue weighted by Crippen LogP contribution is 2.31. The Kier molecular flexibility index (Phi) is 4.60. The lowest BCUT2D eigenvalue weighted by Crippen LogP contribution is -2.27. The minimum atomic E-state index is -4.31. The van der Waals surface area contributed by atoms with Crippen molar-refractivity contribution < 1.29 is 13.2 Å². The Bertz CT molecular complexity index is 415. The van der Waals surface area contributed by atoms with Crippen LogP contribution < -0.4 is 5.32 Å². The molecule has 6 heteroatoms. The summed E-state index contributed by atoms with van der Waals surface area (Å²) in [5.41, 5.74) is -0.650. The van der Waals surface area contributed by atoms with Gasteiger partial charge in [0.15, 0.2) is 0 Å². The van der Waals surface area contributed by atoms with Gasteiger partial charge in [-0.3, -0.25) is 0 Å². The molecule has 1 aliphatic carbocycles. The fraction of sp³-hybridized carbons (Fsp3) is 0.615. The summed E-state index contributed by atoms with van der Waals surface area (Å²) in [6.45, 7) is 0. The number of anilines is 1. The Morgan fingerprint density at radius 1 is 1.26 bits per heavy atom. The molecule has 0 unspecified atom stereocenters. The van der Waals surface area contributed by atoms with Crippen molar-refractivity contribution in [2.75, 3.05) is 11.6 Å². The Balaban J connectivity index is 1.97. The van der Waals surface area contributed by atoms with Crippen LogP contribution in [0.15, 0.2) is 18.3 Å². The van der Waals surface area contributed by atoms with Crippen LogP contribution in [0.1, 0.15) is 31.2 Å². The zero-order chi connectivity index (χ0) is 13.9. The predicted octanol–water partition coefficient (Wildman–Crippen LogP) is 4.19. The van der Waals surface area contributed by atoms with E-state index in [-0.39, 0.29) is 6.04 Å². The number of nitrogens with one attached hydrogen (secondary N) is 1. The third kappa shape index (κ3) is 4.03. The van der Waals surface area contributed by atoms with E-state index in [4.69, 9.17) is 0 Å². The van der Waals surface area contributed by atoms with Gasteiger partial charge >= 0.3 is 6.18 Å². The lowest BCUT2D eigenvalue weighted by molar-refractivity contribution is -0.137. The van der Waals surface area contributed by atoms with Crippen LogP contribution in [0.25, 0.3) is 0 Å². The van der Waals surface area contributed by atoms with E-state index in [9.17, 15) is 13.2 Å². The number of hydrogen-bond donors (Lipinski definition) is 1. The SMILES string of the molecule is CSC1CCC(Nc2cc(C(F)(F)F)ccn2)CC1. The summed E-state index contributed by atoms with van der Waals surface area (Å²) in [6.07, 6.45) is 3.20. The van der Waals surface area contributed by atoms with Crippen molar-refractivity contribution in [3.63, 3.8) is 0 Å². The normalized spacial score (nSPS) is 24.2. The van der Waals surface area contributed by atoms with Gasteiger partial charge in [0.05, 0.1) is 5.56 Å². The molecule has 1 heterocycles. The summed E-state index contributed by atoms with van der Waals surface area (Å²) in [6, 6.07) is 2.32. The van der Waals surface area contributed by atoms with Gasteiger partial charge in [-0.2, -0.15) is 24.9 Å². The molecule has 0 amide bonds. The lowest BCUT2D eigenvalue weighted by Gasteiger charge is -2.28. The van der Waals surface area contributed by atoms with Gasteiger partial charge in [0.2, 0.25) is 0 Å². The van der Waals surface area contributed by atoms with Gasteiger partial charge in [-0.15, -0.1) is 0 Å². The maximum Gasteiger partial charge on any atom is 0.416 e. The Hall–Kier alpha value is -0.910. The molecule has 0 aromatic carbocycles. The monoisotopic (exact) mass is 290 g/mol. The Morgan fingerprint density at radius 2 is 1.95 bits per heavy atom. The molecule has 1 saturated carbocycles. The number of pyridine rings is 1. The first-order valence-electron chi connectivity index (χ1n) is 6.31. The molecule has 106 valence electrons. The first-order chi connectivity index (χ1) is 8.99. The zero-order valence-electron chi connectivity index (χ0n) is 10.7. The third-order valence-electron chi connectivity index (χ3n) is 3.45. The van der Waals surface area contributed by atoms with Crippen molar-refractivity contribution in [2.45, 2.75) is 43.2 Å². The van der Waals surface area contributed by atoms with Crippen LogP contribution >= 0.6 is 11.8 Å². The highest BCUT2D eigenvalue weighted by Gasteiger charge is 2.31. The van der Waals surface area contributed by atoms with Crippen molar-refractivity contribution >= 4 is 17.6 Å². The van der Waals surface area contributed by atoms with Gasteiger partial charge in [0.1, 0.15) is 5.82 Å². The summed E-state index contributed by atoms with van der Waals surface area (Å²) >= 11 is 1.87. The molecule has 0 spiro atoms. The van der Waals surface area contributed by atoms with Crippen LogP contribution in [0, 0.1) is 0 Å². The summed E-state index contributed by atoms with van der Waals surface area (Å²) in [5, 5.41) is 3.81. The topological polar surface area (TPSA) is 24.9 Å². The number of nitrogens with zero attached hydrogens (tertiary/aromatic N) is 1. The van der Waals surface area contributed by atoms with Crippen LogP contribution in [0.4, 0.5) is 19.0 Å². The summed E-state index contributed by atoms with van der Waals surface area (Å²) in [5.74, 6) is 0.322. The van der Waals surface area contributed by atoms with Crippen LogP contribution in [0.3, 0.4) is 0 Å². The molecule has 1 fully saturated rings. The van der Waals surface area contributed by atoms with Crippen molar-refractivity contribution in [3.8, 4) is 0 Å². The van der Waals surface area contributed by atoms with Crippen molar-refractivity contribution in [1.82, 2.24) is 4.98 Å². The molecule has 0 radical (unpaired) electrons. The molecule has 1 N–H and O–H groups in total. The molecule has 0 bridgehead atoms. The molecule has 1 aromatic rings. The van der Waals surface area contributed by atoms with Gasteiger partial charge in [0.25, 0.3) is 0 Å². The summed E-state index contributed by atoms with van der Waals surface area (Å²) in [7, 11) is 0. The minimum Gasteiger partial charge on any atom is -0.367 e. The van der Waals surface area contributed by atoms with E-state index in [1.807, 2.05) is 11.8 Å². The second kappa shape index (κ2) is 6.03. The fourth-order valence-corrected chi connectivity index (χ4v) is 3.08. The first kappa shape index (κ1) is 14.5. The highest BCUT2D eigenvalue weighted by atomic mass is 32.2. The van der Waals surface area contributed by atoms with Gasteiger partial charge in [0, 0.05) is 17.5 Å². The van der Waals surface area contributed by atoms with E-state index < -0.39 is 11.7 Å². The number of rotatable bonds is 3. The number of alkyl halides is 3. The molecular weight excluding hydrogens is 273 g/mol. The molecule has 1 aromatic heterocycles. The molecule has 0 saturated heterocycles. The summed E-state index contributed by atoms with van der Waals surface area (Å²) in [4.78, 5) is 3.97. The van der Waals surface area contributed by atoms with Crippen LogP contribution in [0.2, 0.25) is 0 Å². The standard InChI is InChI=1S/C13H17F3N2S/c1-19-11-4-2-10(3-5-11)18-12-8-9(6-7-17-12)13(14,15)16/h6-8,10-11H,2-5H2,1H3,(H,17,18). The molecule has 2 nitrogen and oxygen atoms in total. The van der Waals surface area contributed by atoms with E-state index in [1.165, 1.54) is 6.20 Å². The van der Waals surface area contributed by atoms with Gasteiger partial charge in [-0.1, -0.05) is 0 Å². The predicted molar refractivity (Wildman–Crippen MR) is 72.4 cm³/mol. The molecule has 1 aliphatic rings. The smallest absolute Gasteiger partial charge is 0.367 e. The fourth-order valence-electron chi connectivity index (χ4n) is 2.34. The Morgan fingerprint density at radius 3 is 2.53 bits per heavy atom. The molecular formula is C13H17F3N2S. The van der Waals surface area contributed by atoms with Crippen LogP contribution in [-0.4, -0.2) is 22.5 Å². The van der Waals surface area contributed by atoms with Crippen LogP contribution in [0.5, 0.6) is 0 Å². The average Bonchev–Trinajstić information content (AvgIpc) is 2.39. The number of halogens is 3. The first-order valence-corrected chi connectivity index (χ1v) is 7.60. The van der Waals surface area contributed by atoms with Crippen molar-refractivity contribution in [1.29, 1.82) is 0 Å². The maximum absolute atomic E-state index is 12.6. The molecule has 0 atom stereocenters. The highest BCUT2D eigenvalue weighted by molar-refractivity contribution is 7.99. The molecule has 2 rings (SSSR count). The quantitative estimate of drug-likeness (QED) is 0.903. The second-order valence-electron chi connectivity index (χ2n) is 4.78. The van der Waals surface area contributed by atoms with Crippen LogP contribution in [-0.2, 0) is 6.18 Å².